The highest BCUT2D eigenvalue weighted by atomic mass is 16.7. The Morgan fingerprint density at radius 3 is 1.81 bits per heavy atom. The first kappa shape index (κ1) is 78.2. The van der Waals surface area contributed by atoms with Crippen LogP contribution in [0.4, 0.5) is 0 Å². The fourth-order valence-electron chi connectivity index (χ4n) is 16.5. The van der Waals surface area contributed by atoms with Crippen LogP contribution in [0.3, 0.4) is 0 Å². The van der Waals surface area contributed by atoms with E-state index in [2.05, 4.69) is 53.2 Å². The molecule has 2 aliphatic carbocycles. The van der Waals surface area contributed by atoms with Crippen LogP contribution in [0.2, 0.25) is 0 Å². The molecule has 7 rings (SSSR count). The SMILES string of the molecule is CO[C@]1(C)C[C@@H](CC[C@]2(C)COCC3(CCC(N(C)C(=O)CNC4CC4)CC3)N(C)C[C@H](C)C[C@@](C)(OC)[C@H](O[C@@H]3O[C@H](C)C[C@H](N(C)C)[C@H]3O)[C@@H](C)C2=O)CN(C)CCCN(Cc2ccccc2)CCOC(=O)C(C)(C)C(=O)[C@H](C)[C@H]1O[C@@H]1O[C@H](C)C[C@H](N(C)C)[C@H]1O. The number of benzene rings is 1. The third-order valence-corrected chi connectivity index (χ3v) is 22.9. The van der Waals surface area contributed by atoms with E-state index < -0.39 is 88.2 Å². The minimum Gasteiger partial charge on any atom is -0.464 e. The van der Waals surface area contributed by atoms with Crippen molar-refractivity contribution in [1.29, 1.82) is 0 Å². The predicted molar refractivity (Wildman–Crippen MR) is 364 cm³/mol. The summed E-state index contributed by atoms with van der Waals surface area (Å²) in [4.78, 5) is 72.8. The average molecular weight is 1330 g/mol. The van der Waals surface area contributed by atoms with Gasteiger partial charge in [-0.15, -0.1) is 0 Å². The van der Waals surface area contributed by atoms with Gasteiger partial charge in [-0.05, 0) is 198 Å². The summed E-state index contributed by atoms with van der Waals surface area (Å²) in [6.07, 6.45) is 2.38. The molecule has 0 aromatic heterocycles. The number of hydrogen-bond acceptors (Lipinski definition) is 20. The Morgan fingerprint density at radius 1 is 0.713 bits per heavy atom. The number of rotatable bonds is 17. The molecule has 6 fully saturated rings. The van der Waals surface area contributed by atoms with Gasteiger partial charge in [0.1, 0.15) is 30.0 Å². The lowest BCUT2D eigenvalue weighted by Gasteiger charge is -2.49. The number of cyclic esters (lactones) is 1. The van der Waals surface area contributed by atoms with Crippen LogP contribution in [-0.2, 0) is 63.6 Å². The highest BCUT2D eigenvalue weighted by Crippen LogP contribution is 2.45. The minimum absolute atomic E-state index is 0.0528. The van der Waals surface area contributed by atoms with Crippen LogP contribution in [0.25, 0.3) is 0 Å². The predicted octanol–water partition coefficient (Wildman–Crippen LogP) is 6.91. The number of likely N-dealkylation sites (N-methyl/N-ethyl adjacent to an activating group) is 4. The number of methoxy groups -OCH3 is 2. The molecule has 0 unspecified atom stereocenters. The normalized spacial score (nSPS) is 39.1. The Morgan fingerprint density at radius 2 is 1.27 bits per heavy atom. The van der Waals surface area contributed by atoms with E-state index in [0.29, 0.717) is 90.4 Å². The maximum absolute atomic E-state index is 16.5. The number of hydrogen-bond donors (Lipinski definition) is 3. The second kappa shape index (κ2) is 33.8. The molecule has 21 heteroatoms. The molecular formula is C73H127N7O14. The lowest BCUT2D eigenvalue weighted by Crippen LogP contribution is -2.59. The Hall–Kier alpha value is -3.10. The van der Waals surface area contributed by atoms with Gasteiger partial charge in [0.05, 0.1) is 55.4 Å². The number of esters is 1. The molecule has 21 nitrogen and oxygen atoms in total. The lowest BCUT2D eigenvalue weighted by molar-refractivity contribution is -0.296. The first-order valence-electron chi connectivity index (χ1n) is 35.6. The van der Waals surface area contributed by atoms with Gasteiger partial charge in [-0.1, -0.05) is 58.0 Å². The van der Waals surface area contributed by atoms with Crippen molar-refractivity contribution in [3.05, 3.63) is 35.9 Å². The summed E-state index contributed by atoms with van der Waals surface area (Å²) < 4.78 is 53.9. The van der Waals surface area contributed by atoms with Crippen molar-refractivity contribution < 1.29 is 67.3 Å². The number of Topliss-reactive ketones (excluding diaryl/α,β-unsaturated/α-hetero) is 2. The second-order valence-corrected chi connectivity index (χ2v) is 31.7. The quantitative estimate of drug-likeness (QED) is 0.107. The molecule has 3 N–H and O–H groups in total. The van der Waals surface area contributed by atoms with Gasteiger partial charge >= 0.3 is 5.97 Å². The zero-order valence-corrected chi connectivity index (χ0v) is 61.4. The van der Waals surface area contributed by atoms with E-state index in [1.54, 1.807) is 35.0 Å². The first-order chi connectivity index (χ1) is 44.2. The van der Waals surface area contributed by atoms with E-state index in [4.69, 9.17) is 37.9 Å². The van der Waals surface area contributed by atoms with Gasteiger partial charge in [0.15, 0.2) is 18.4 Å². The molecule has 2 saturated carbocycles. The number of aliphatic hydroxyl groups excluding tert-OH is 2. The van der Waals surface area contributed by atoms with Crippen molar-refractivity contribution in [2.45, 2.75) is 249 Å². The number of carbonyl (C=O) groups is 4. The monoisotopic (exact) mass is 1330 g/mol. The minimum atomic E-state index is -1.60. The van der Waals surface area contributed by atoms with Crippen molar-refractivity contribution in [3.63, 3.8) is 0 Å². The van der Waals surface area contributed by atoms with Gasteiger partial charge in [-0.25, -0.2) is 0 Å². The van der Waals surface area contributed by atoms with Gasteiger partial charge in [0.2, 0.25) is 5.91 Å². The largest absolute Gasteiger partial charge is 0.464 e. The summed E-state index contributed by atoms with van der Waals surface area (Å²) in [6.45, 7) is 23.9. The van der Waals surface area contributed by atoms with Crippen LogP contribution in [0, 0.1) is 34.5 Å². The molecule has 1 aromatic carbocycles. The van der Waals surface area contributed by atoms with E-state index >= 15 is 9.59 Å². The van der Waals surface area contributed by atoms with Crippen LogP contribution in [0.5, 0.6) is 0 Å². The topological polar surface area (TPSA) is 214 Å². The third kappa shape index (κ3) is 19.7. The zero-order valence-electron chi connectivity index (χ0n) is 61.4. The number of nitrogens with zero attached hydrogens (tertiary/aromatic N) is 6. The number of carbonyl (C=O) groups excluding carboxylic acids is 4. The molecule has 0 radical (unpaired) electrons. The zero-order chi connectivity index (χ0) is 69.3. The van der Waals surface area contributed by atoms with Crippen molar-refractivity contribution in [1.82, 2.24) is 34.7 Å². The second-order valence-electron chi connectivity index (χ2n) is 31.7. The maximum Gasteiger partial charge on any atom is 0.319 e. The molecule has 538 valence electrons. The Kier molecular flexibility index (Phi) is 28.2. The van der Waals surface area contributed by atoms with Crippen molar-refractivity contribution in [2.75, 3.05) is 123 Å². The molecule has 1 amide bonds. The van der Waals surface area contributed by atoms with Crippen molar-refractivity contribution in [3.8, 4) is 0 Å². The van der Waals surface area contributed by atoms with E-state index in [-0.39, 0.29) is 67.1 Å². The Bertz CT molecular complexity index is 2560. The molecule has 17 atom stereocenters. The highest BCUT2D eigenvalue weighted by molar-refractivity contribution is 6.04. The number of nitrogens with one attached hydrogen (secondary N) is 1. The van der Waals surface area contributed by atoms with Crippen molar-refractivity contribution in [2.24, 2.45) is 34.5 Å². The van der Waals surface area contributed by atoms with Gasteiger partial charge in [-0.2, -0.15) is 0 Å². The Labute approximate surface area is 565 Å². The van der Waals surface area contributed by atoms with Gasteiger partial charge in [0.25, 0.3) is 0 Å². The van der Waals surface area contributed by atoms with Gasteiger partial charge in [-0.3, -0.25) is 29.0 Å². The summed E-state index contributed by atoms with van der Waals surface area (Å²) in [5.41, 5.74) is -4.29. The van der Waals surface area contributed by atoms with Crippen LogP contribution in [0.15, 0.2) is 30.3 Å². The average Bonchev–Trinajstić information content (AvgIpc) is 1.02. The maximum atomic E-state index is 16.5. The number of amides is 1. The van der Waals surface area contributed by atoms with E-state index in [1.165, 1.54) is 0 Å². The molecule has 1 aromatic rings. The number of aliphatic hydroxyl groups is 2. The first-order valence-corrected chi connectivity index (χ1v) is 35.6. The summed E-state index contributed by atoms with van der Waals surface area (Å²) in [5.74, 6) is -2.90. The standard InChI is InChI=1S/C73H127N7O14/c1-48-40-71(9,87-18)65(94-67-61(83)58(76(13)14)39-50(3)92-67)52(5)63(85)70(8,46-89-47-73(78(16)43-48)32-29-56(30-33-73)79(17)59(81)42-74-55-26-27-55)31-28-54-41-72(10,88-19)64(93-66-60(82)57(75(11)12)38-49(2)91-66)51(4)62(84)69(6,7)68(86)90-37-36-80(35-23-34-77(15)44-54)45-53-24-21-20-22-25-53/h20-22,24-25,48-52,54-58,60-61,64-67,74,82-83H,23,26-47H2,1-19H3/t48-,49-,50-,51+,52+,54-,56?,57+,58+,60-,61-,64-,65-,66+,67+,70-,71-,72-,73?/m1/s1. The summed E-state index contributed by atoms with van der Waals surface area (Å²) in [7, 11) is 17.3. The number of ketones is 2. The van der Waals surface area contributed by atoms with Crippen LogP contribution in [-0.4, -0.2) is 276 Å². The van der Waals surface area contributed by atoms with Gasteiger partial charge in [0, 0.05) is 94.4 Å². The molecule has 4 saturated heterocycles. The summed E-state index contributed by atoms with van der Waals surface area (Å²) >= 11 is 0. The van der Waals surface area contributed by atoms with Gasteiger partial charge < -0.3 is 73.0 Å². The van der Waals surface area contributed by atoms with Crippen LogP contribution < -0.4 is 5.32 Å². The molecule has 4 aliphatic heterocycles. The summed E-state index contributed by atoms with van der Waals surface area (Å²) in [6, 6.07) is 10.2. The third-order valence-electron chi connectivity index (χ3n) is 22.9. The molecule has 1 spiro atoms. The molecule has 0 bridgehead atoms. The highest BCUT2D eigenvalue weighted by Gasteiger charge is 2.55. The Balaban J connectivity index is 1.29. The van der Waals surface area contributed by atoms with Crippen molar-refractivity contribution >= 4 is 23.4 Å². The summed E-state index contributed by atoms with van der Waals surface area (Å²) in [5, 5.41) is 27.6. The molecule has 6 aliphatic rings. The fraction of sp³-hybridized carbons (Fsp3) is 0.863. The number of ether oxygens (including phenoxy) is 8. The fourth-order valence-corrected chi connectivity index (χ4v) is 16.5. The lowest BCUT2D eigenvalue weighted by atomic mass is 9.70. The molecular weight excluding hydrogens is 1200 g/mol. The van der Waals surface area contributed by atoms with E-state index in [0.717, 1.165) is 57.1 Å². The van der Waals surface area contributed by atoms with E-state index in [1.807, 2.05) is 110 Å². The van der Waals surface area contributed by atoms with E-state index in [9.17, 15) is 19.8 Å². The molecule has 94 heavy (non-hydrogen) atoms. The smallest absolute Gasteiger partial charge is 0.319 e. The van der Waals surface area contributed by atoms with Crippen LogP contribution >= 0.6 is 0 Å². The molecule has 4 heterocycles. The van der Waals surface area contributed by atoms with Crippen LogP contribution in [0.1, 0.15) is 158 Å².